The van der Waals surface area contributed by atoms with Crippen molar-refractivity contribution < 1.29 is 4.79 Å². The Bertz CT molecular complexity index is 555. The molecule has 0 saturated carbocycles. The Morgan fingerprint density at radius 3 is 2.88 bits per heavy atom. The van der Waals surface area contributed by atoms with E-state index < -0.39 is 0 Å². The zero-order chi connectivity index (χ0) is 17.5. The molecule has 24 heavy (non-hydrogen) atoms. The van der Waals surface area contributed by atoms with Crippen LogP contribution in [0.5, 0.6) is 0 Å². The molecule has 1 aromatic heterocycles. The molecule has 2 rings (SSSR count). The second kappa shape index (κ2) is 8.83. The van der Waals surface area contributed by atoms with Gasteiger partial charge in [-0.1, -0.05) is 18.6 Å². The van der Waals surface area contributed by atoms with Gasteiger partial charge in [0.25, 0.3) is 5.91 Å². The molecule has 1 N–H and O–H groups in total. The number of anilines is 1. The molecule has 0 unspecified atom stereocenters. The number of pyridine rings is 1. The minimum atomic E-state index is -0.0462. The van der Waals surface area contributed by atoms with E-state index in [9.17, 15) is 4.79 Å². The summed E-state index contributed by atoms with van der Waals surface area (Å²) in [7, 11) is 4.15. The molecular weight excluding hydrogens is 300 g/mol. The Morgan fingerprint density at radius 2 is 2.25 bits per heavy atom. The number of carbonyl (C=O) groups is 1. The van der Waals surface area contributed by atoms with Gasteiger partial charge in [-0.15, -0.1) is 0 Å². The van der Waals surface area contributed by atoms with E-state index in [2.05, 4.69) is 28.8 Å². The van der Waals surface area contributed by atoms with Crippen molar-refractivity contribution in [2.45, 2.75) is 38.6 Å². The molecule has 5 nitrogen and oxygen atoms in total. The fourth-order valence-corrected chi connectivity index (χ4v) is 3.20. The van der Waals surface area contributed by atoms with Crippen LogP contribution in [0, 0.1) is 0 Å². The van der Waals surface area contributed by atoms with Gasteiger partial charge in [-0.05, 0) is 51.9 Å². The summed E-state index contributed by atoms with van der Waals surface area (Å²) in [6, 6.07) is 4.31. The molecule has 2 heterocycles. The lowest BCUT2D eigenvalue weighted by atomic mass is 10.0. The molecule has 1 aliphatic heterocycles. The van der Waals surface area contributed by atoms with Crippen LogP contribution in [-0.2, 0) is 0 Å². The fraction of sp³-hybridized carbons (Fsp3) is 0.579. The molecule has 1 amide bonds. The number of carbonyl (C=O) groups excluding carboxylic acids is 1. The standard InChI is InChI=1S/C19H30N4O/c1-15(2)14-23(4)18-9-8-16(13-21-18)19(24)20-11-10-17-7-5-6-12-22(17)3/h8-9,13,17H,1,5-7,10-12,14H2,2-4H3,(H,20,24)/t17-/m1/s1. The van der Waals surface area contributed by atoms with Gasteiger partial charge in [-0.3, -0.25) is 4.79 Å². The molecule has 1 atom stereocenters. The largest absolute Gasteiger partial charge is 0.356 e. The number of hydrogen-bond donors (Lipinski definition) is 1. The number of likely N-dealkylation sites (tertiary alicyclic amines) is 1. The van der Waals surface area contributed by atoms with Gasteiger partial charge >= 0.3 is 0 Å². The smallest absolute Gasteiger partial charge is 0.252 e. The molecule has 1 saturated heterocycles. The quantitative estimate of drug-likeness (QED) is 0.781. The Morgan fingerprint density at radius 1 is 1.46 bits per heavy atom. The van der Waals surface area contributed by atoms with Gasteiger partial charge < -0.3 is 15.1 Å². The summed E-state index contributed by atoms with van der Waals surface area (Å²) >= 11 is 0. The lowest BCUT2D eigenvalue weighted by Gasteiger charge is -2.32. The van der Waals surface area contributed by atoms with E-state index in [1.165, 1.54) is 25.8 Å². The Labute approximate surface area is 145 Å². The van der Waals surface area contributed by atoms with Crippen LogP contribution >= 0.6 is 0 Å². The Kier molecular flexibility index (Phi) is 6.79. The molecule has 132 valence electrons. The van der Waals surface area contributed by atoms with Crippen molar-refractivity contribution in [3.63, 3.8) is 0 Å². The third-order valence-electron chi connectivity index (χ3n) is 4.59. The average molecular weight is 330 g/mol. The molecular formula is C19H30N4O. The number of nitrogens with zero attached hydrogens (tertiary/aromatic N) is 3. The van der Waals surface area contributed by atoms with E-state index in [0.29, 0.717) is 18.2 Å². The number of rotatable bonds is 7. The van der Waals surface area contributed by atoms with Crippen molar-refractivity contribution in [1.29, 1.82) is 0 Å². The maximum absolute atomic E-state index is 12.2. The van der Waals surface area contributed by atoms with Crippen LogP contribution in [-0.4, -0.2) is 55.6 Å². The minimum Gasteiger partial charge on any atom is -0.356 e. The van der Waals surface area contributed by atoms with Gasteiger partial charge in [0.2, 0.25) is 0 Å². The number of nitrogens with one attached hydrogen (secondary N) is 1. The first kappa shape index (κ1) is 18.5. The summed E-state index contributed by atoms with van der Waals surface area (Å²) in [5.74, 6) is 0.799. The number of likely N-dealkylation sites (N-methyl/N-ethyl adjacent to an activating group) is 1. The molecule has 0 spiro atoms. The highest BCUT2D eigenvalue weighted by Crippen LogP contribution is 2.17. The SMILES string of the molecule is C=C(C)CN(C)c1ccc(C(=O)NCC[C@H]2CCCCN2C)cn1. The van der Waals surface area contributed by atoms with Gasteiger partial charge in [-0.25, -0.2) is 4.98 Å². The van der Waals surface area contributed by atoms with Gasteiger partial charge in [0.1, 0.15) is 5.82 Å². The van der Waals surface area contributed by atoms with Crippen molar-refractivity contribution in [1.82, 2.24) is 15.2 Å². The van der Waals surface area contributed by atoms with E-state index in [4.69, 9.17) is 0 Å². The molecule has 0 radical (unpaired) electrons. The number of hydrogen-bond acceptors (Lipinski definition) is 4. The molecule has 0 aromatic carbocycles. The topological polar surface area (TPSA) is 48.5 Å². The highest BCUT2D eigenvalue weighted by atomic mass is 16.1. The Balaban J connectivity index is 1.80. The second-order valence-electron chi connectivity index (χ2n) is 6.89. The number of amides is 1. The molecule has 1 aliphatic rings. The summed E-state index contributed by atoms with van der Waals surface area (Å²) in [5, 5.41) is 3.01. The van der Waals surface area contributed by atoms with E-state index in [1.54, 1.807) is 6.20 Å². The molecule has 0 aliphatic carbocycles. The summed E-state index contributed by atoms with van der Waals surface area (Å²) < 4.78 is 0. The maximum atomic E-state index is 12.2. The first-order valence-corrected chi connectivity index (χ1v) is 8.77. The Hall–Kier alpha value is -1.88. The average Bonchev–Trinajstić information content (AvgIpc) is 2.56. The van der Waals surface area contributed by atoms with Crippen molar-refractivity contribution in [3.8, 4) is 0 Å². The van der Waals surface area contributed by atoms with Crippen molar-refractivity contribution in [3.05, 3.63) is 36.0 Å². The highest BCUT2D eigenvalue weighted by molar-refractivity contribution is 5.94. The predicted molar refractivity (Wildman–Crippen MR) is 99.5 cm³/mol. The van der Waals surface area contributed by atoms with Gasteiger partial charge in [0, 0.05) is 32.4 Å². The van der Waals surface area contributed by atoms with Crippen LogP contribution in [0.4, 0.5) is 5.82 Å². The monoisotopic (exact) mass is 330 g/mol. The number of piperidine rings is 1. The van der Waals surface area contributed by atoms with Crippen LogP contribution < -0.4 is 10.2 Å². The molecule has 0 bridgehead atoms. The van der Waals surface area contributed by atoms with E-state index in [-0.39, 0.29) is 5.91 Å². The van der Waals surface area contributed by atoms with Crippen molar-refractivity contribution in [2.24, 2.45) is 0 Å². The minimum absolute atomic E-state index is 0.0462. The third kappa shape index (κ3) is 5.34. The summed E-state index contributed by atoms with van der Waals surface area (Å²) in [6.45, 7) is 8.53. The summed E-state index contributed by atoms with van der Waals surface area (Å²) in [4.78, 5) is 21.0. The van der Waals surface area contributed by atoms with E-state index in [1.807, 2.05) is 31.0 Å². The van der Waals surface area contributed by atoms with Crippen LogP contribution in [0.2, 0.25) is 0 Å². The summed E-state index contributed by atoms with van der Waals surface area (Å²) in [5.41, 5.74) is 1.69. The molecule has 1 aromatic rings. The van der Waals surface area contributed by atoms with Crippen LogP contribution in [0.25, 0.3) is 0 Å². The predicted octanol–water partition coefficient (Wildman–Crippen LogP) is 2.70. The van der Waals surface area contributed by atoms with Crippen molar-refractivity contribution >= 4 is 11.7 Å². The van der Waals surface area contributed by atoms with E-state index >= 15 is 0 Å². The van der Waals surface area contributed by atoms with E-state index in [0.717, 1.165) is 24.4 Å². The third-order valence-corrected chi connectivity index (χ3v) is 4.59. The second-order valence-corrected chi connectivity index (χ2v) is 6.89. The van der Waals surface area contributed by atoms with Crippen LogP contribution in [0.15, 0.2) is 30.5 Å². The van der Waals surface area contributed by atoms with Gasteiger partial charge in [0.05, 0.1) is 5.56 Å². The highest BCUT2D eigenvalue weighted by Gasteiger charge is 2.18. The molecule has 1 fully saturated rings. The fourth-order valence-electron chi connectivity index (χ4n) is 3.20. The van der Waals surface area contributed by atoms with Gasteiger partial charge in [-0.2, -0.15) is 0 Å². The van der Waals surface area contributed by atoms with Crippen molar-refractivity contribution in [2.75, 3.05) is 38.6 Å². The first-order chi connectivity index (χ1) is 11.5. The van der Waals surface area contributed by atoms with Crippen LogP contribution in [0.3, 0.4) is 0 Å². The lowest BCUT2D eigenvalue weighted by molar-refractivity contribution is 0.0945. The normalized spacial score (nSPS) is 18.2. The molecule has 5 heteroatoms. The lowest BCUT2D eigenvalue weighted by Crippen LogP contribution is -2.39. The van der Waals surface area contributed by atoms with Crippen LogP contribution in [0.1, 0.15) is 43.0 Å². The zero-order valence-corrected chi connectivity index (χ0v) is 15.2. The zero-order valence-electron chi connectivity index (χ0n) is 15.2. The maximum Gasteiger partial charge on any atom is 0.252 e. The summed E-state index contributed by atoms with van der Waals surface area (Å²) in [6.07, 6.45) is 6.47. The van der Waals surface area contributed by atoms with Gasteiger partial charge in [0.15, 0.2) is 0 Å². The number of aromatic nitrogens is 1. The first-order valence-electron chi connectivity index (χ1n) is 8.77.